The average molecular weight is 252 g/mol. The average Bonchev–Trinajstić information content (AvgIpc) is 2.75. The van der Waals surface area contributed by atoms with Gasteiger partial charge in [0.05, 0.1) is 11.9 Å². The van der Waals surface area contributed by atoms with Gasteiger partial charge in [-0.15, -0.1) is 10.2 Å². The van der Waals surface area contributed by atoms with E-state index in [0.29, 0.717) is 5.70 Å². The van der Waals surface area contributed by atoms with Crippen LogP contribution >= 0.6 is 0 Å². The molecule has 4 N–H and O–H groups in total. The van der Waals surface area contributed by atoms with Gasteiger partial charge >= 0.3 is 0 Å². The molecule has 0 atom stereocenters. The molecule has 0 aliphatic carbocycles. The number of benzene rings is 2. The molecular weight excluding hydrogens is 240 g/mol. The summed E-state index contributed by atoms with van der Waals surface area (Å²) in [7, 11) is 0. The van der Waals surface area contributed by atoms with Gasteiger partial charge in [0.1, 0.15) is 5.70 Å². The van der Waals surface area contributed by atoms with Crippen LogP contribution in [0.1, 0.15) is 0 Å². The Morgan fingerprint density at radius 3 is 2.47 bits per heavy atom. The number of hydrogen-bond donors (Lipinski definition) is 2. The van der Waals surface area contributed by atoms with Gasteiger partial charge in [-0.25, -0.2) is 0 Å². The molecule has 0 fully saturated rings. The molecule has 6 heteroatoms. The molecule has 0 radical (unpaired) electrons. The molecular formula is C13H12N6. The Morgan fingerprint density at radius 2 is 1.74 bits per heavy atom. The van der Waals surface area contributed by atoms with Gasteiger partial charge in [-0.2, -0.15) is 10.2 Å². The van der Waals surface area contributed by atoms with Crippen molar-refractivity contribution in [3.05, 3.63) is 54.4 Å². The minimum atomic E-state index is -1.37. The maximum atomic E-state index is 5.67. The lowest BCUT2D eigenvalue weighted by atomic mass is 10.1. The van der Waals surface area contributed by atoms with Crippen LogP contribution in [0.3, 0.4) is 0 Å². The smallest absolute Gasteiger partial charge is 0.227 e. The Hall–Kier alpha value is -2.44. The van der Waals surface area contributed by atoms with Gasteiger partial charge in [0.15, 0.2) is 0 Å². The number of rotatable bonds is 2. The molecule has 3 rings (SSSR count). The molecule has 94 valence electrons. The van der Waals surface area contributed by atoms with E-state index in [-0.39, 0.29) is 0 Å². The van der Waals surface area contributed by atoms with Crippen molar-refractivity contribution < 1.29 is 0 Å². The van der Waals surface area contributed by atoms with Crippen molar-refractivity contribution in [3.8, 4) is 0 Å². The first-order valence-corrected chi connectivity index (χ1v) is 5.76. The van der Waals surface area contributed by atoms with Crippen molar-refractivity contribution in [2.24, 2.45) is 31.9 Å². The summed E-state index contributed by atoms with van der Waals surface area (Å²) in [6.45, 7) is 0. The highest BCUT2D eigenvalue weighted by Gasteiger charge is 2.28. The Balaban J connectivity index is 1.90. The number of nitrogens with zero attached hydrogens (tertiary/aromatic N) is 4. The largest absolute Gasteiger partial charge is 0.288 e. The zero-order chi connectivity index (χ0) is 13.3. The van der Waals surface area contributed by atoms with Crippen LogP contribution in [0.2, 0.25) is 0 Å². The molecule has 0 spiro atoms. The minimum absolute atomic E-state index is 0.334. The lowest BCUT2D eigenvalue weighted by Crippen LogP contribution is -2.47. The monoisotopic (exact) mass is 252 g/mol. The van der Waals surface area contributed by atoms with E-state index in [1.165, 1.54) is 6.20 Å². The summed E-state index contributed by atoms with van der Waals surface area (Å²) < 4.78 is 0. The highest BCUT2D eigenvalue weighted by molar-refractivity contribution is 5.84. The van der Waals surface area contributed by atoms with E-state index in [4.69, 9.17) is 11.5 Å². The Morgan fingerprint density at radius 1 is 0.947 bits per heavy atom. The zero-order valence-corrected chi connectivity index (χ0v) is 10.1. The second-order valence-electron chi connectivity index (χ2n) is 4.29. The van der Waals surface area contributed by atoms with Crippen molar-refractivity contribution in [1.29, 1.82) is 0 Å². The molecule has 1 aliphatic rings. The minimum Gasteiger partial charge on any atom is -0.288 e. The first-order chi connectivity index (χ1) is 9.15. The molecule has 0 bridgehead atoms. The van der Waals surface area contributed by atoms with Crippen molar-refractivity contribution in [1.82, 2.24) is 0 Å². The first kappa shape index (κ1) is 11.6. The Labute approximate surface area is 109 Å². The molecule has 2 aromatic carbocycles. The summed E-state index contributed by atoms with van der Waals surface area (Å²) in [6, 6.07) is 13.8. The number of fused-ring (bicyclic) bond motifs is 1. The fourth-order valence-electron chi connectivity index (χ4n) is 1.79. The fourth-order valence-corrected chi connectivity index (χ4v) is 1.79. The fraction of sp³-hybridized carbons (Fsp3) is 0.0769. The summed E-state index contributed by atoms with van der Waals surface area (Å²) in [5, 5.41) is 17.6. The van der Waals surface area contributed by atoms with Gasteiger partial charge < -0.3 is 0 Å². The van der Waals surface area contributed by atoms with Crippen molar-refractivity contribution >= 4 is 16.5 Å². The van der Waals surface area contributed by atoms with E-state index >= 15 is 0 Å². The number of azo groups is 2. The number of hydrogen-bond acceptors (Lipinski definition) is 6. The zero-order valence-electron chi connectivity index (χ0n) is 10.1. The third-order valence-electron chi connectivity index (χ3n) is 2.82. The van der Waals surface area contributed by atoms with E-state index in [9.17, 15) is 0 Å². The molecule has 1 aliphatic heterocycles. The second-order valence-corrected chi connectivity index (χ2v) is 4.29. The molecule has 1 heterocycles. The number of nitrogens with two attached hydrogens (primary N) is 2. The van der Waals surface area contributed by atoms with Crippen LogP contribution in [0.25, 0.3) is 10.8 Å². The predicted octanol–water partition coefficient (Wildman–Crippen LogP) is 2.80. The van der Waals surface area contributed by atoms with Crippen LogP contribution in [0, 0.1) is 0 Å². The van der Waals surface area contributed by atoms with Crippen molar-refractivity contribution in [2.75, 3.05) is 0 Å². The highest BCUT2D eigenvalue weighted by atomic mass is 15.4. The molecule has 0 unspecified atom stereocenters. The standard InChI is InChI=1S/C13H12N6/c14-13(15)12(8-16-19-13)18-17-11-6-5-9-3-1-2-4-10(9)7-11/h1-8H,14-15H2. The summed E-state index contributed by atoms with van der Waals surface area (Å²) in [6.07, 6.45) is 1.41. The molecule has 0 saturated carbocycles. The highest BCUT2D eigenvalue weighted by Crippen LogP contribution is 2.24. The molecule has 19 heavy (non-hydrogen) atoms. The summed E-state index contributed by atoms with van der Waals surface area (Å²) in [5.74, 6) is -1.37. The topological polar surface area (TPSA) is 101 Å². The van der Waals surface area contributed by atoms with E-state index in [0.717, 1.165) is 16.5 Å². The maximum absolute atomic E-state index is 5.67. The van der Waals surface area contributed by atoms with E-state index in [2.05, 4.69) is 20.5 Å². The van der Waals surface area contributed by atoms with Crippen LogP contribution in [-0.4, -0.2) is 5.79 Å². The van der Waals surface area contributed by atoms with E-state index in [1.807, 2.05) is 42.5 Å². The summed E-state index contributed by atoms with van der Waals surface area (Å²) in [4.78, 5) is 0. The third kappa shape index (κ3) is 2.26. The molecule has 2 aromatic rings. The molecule has 6 nitrogen and oxygen atoms in total. The lowest BCUT2D eigenvalue weighted by Gasteiger charge is -2.11. The van der Waals surface area contributed by atoms with Crippen molar-refractivity contribution in [2.45, 2.75) is 5.79 Å². The lowest BCUT2D eigenvalue weighted by molar-refractivity contribution is 0.534. The molecule has 0 amide bonds. The molecule has 0 aromatic heterocycles. The van der Waals surface area contributed by atoms with Crippen LogP contribution in [0.15, 0.2) is 74.8 Å². The SMILES string of the molecule is NC1(N)N=NC=C1N=Nc1ccc2ccccc2c1. The van der Waals surface area contributed by atoms with Gasteiger partial charge in [0, 0.05) is 0 Å². The van der Waals surface area contributed by atoms with E-state index in [1.54, 1.807) is 0 Å². The van der Waals surface area contributed by atoms with E-state index < -0.39 is 5.79 Å². The van der Waals surface area contributed by atoms with Gasteiger partial charge in [-0.1, -0.05) is 30.3 Å². The Bertz CT molecular complexity index is 714. The van der Waals surface area contributed by atoms with Crippen LogP contribution in [0.5, 0.6) is 0 Å². The Kier molecular flexibility index (Phi) is 2.66. The predicted molar refractivity (Wildman–Crippen MR) is 72.5 cm³/mol. The van der Waals surface area contributed by atoms with Gasteiger partial charge in [0.25, 0.3) is 0 Å². The first-order valence-electron chi connectivity index (χ1n) is 5.76. The van der Waals surface area contributed by atoms with Gasteiger partial charge in [0.2, 0.25) is 5.79 Å². The quantitative estimate of drug-likeness (QED) is 0.634. The normalized spacial score (nSPS) is 17.3. The van der Waals surface area contributed by atoms with Crippen LogP contribution in [0.4, 0.5) is 5.69 Å². The van der Waals surface area contributed by atoms with Gasteiger partial charge in [-0.05, 0) is 22.9 Å². The van der Waals surface area contributed by atoms with Gasteiger partial charge in [-0.3, -0.25) is 11.5 Å². The summed E-state index contributed by atoms with van der Waals surface area (Å²) >= 11 is 0. The third-order valence-corrected chi connectivity index (χ3v) is 2.82. The molecule has 0 saturated heterocycles. The maximum Gasteiger partial charge on any atom is 0.227 e. The second kappa shape index (κ2) is 4.34. The van der Waals surface area contributed by atoms with Crippen LogP contribution in [-0.2, 0) is 0 Å². The van der Waals surface area contributed by atoms with Crippen LogP contribution < -0.4 is 11.5 Å². The van der Waals surface area contributed by atoms with Crippen molar-refractivity contribution in [3.63, 3.8) is 0 Å². The summed E-state index contributed by atoms with van der Waals surface area (Å²) in [5.41, 5.74) is 12.4.